The van der Waals surface area contributed by atoms with Gasteiger partial charge in [-0.15, -0.1) is 0 Å². The van der Waals surface area contributed by atoms with Crippen LogP contribution in [0.2, 0.25) is 0 Å². The number of hydrogen-bond donors (Lipinski definition) is 1. The average Bonchev–Trinajstić information content (AvgIpc) is 2.80. The first-order valence-electron chi connectivity index (χ1n) is 7.38. The van der Waals surface area contributed by atoms with Crippen molar-refractivity contribution in [1.82, 2.24) is 9.55 Å². The number of benzene rings is 1. The lowest BCUT2D eigenvalue weighted by Gasteiger charge is -2.18. The average molecular weight is 301 g/mol. The maximum atomic E-state index is 12.1. The monoisotopic (exact) mass is 301 g/mol. The molecule has 1 heterocycles. The van der Waals surface area contributed by atoms with E-state index in [1.54, 1.807) is 13.4 Å². The van der Waals surface area contributed by atoms with Gasteiger partial charge in [0.25, 0.3) is 5.91 Å². The number of carbonyl (C=O) groups excluding carboxylic acids is 1. The first kappa shape index (κ1) is 16.2. The molecular weight excluding hydrogens is 278 g/mol. The zero-order chi connectivity index (χ0) is 16.3. The van der Waals surface area contributed by atoms with E-state index in [2.05, 4.69) is 10.3 Å². The smallest absolute Gasteiger partial charge is 0.253 e. The van der Waals surface area contributed by atoms with Crippen molar-refractivity contribution in [3.05, 3.63) is 42.0 Å². The molecule has 0 aliphatic carbocycles. The lowest BCUT2D eigenvalue weighted by Crippen LogP contribution is -2.33. The van der Waals surface area contributed by atoms with Crippen molar-refractivity contribution in [3.63, 3.8) is 0 Å². The van der Waals surface area contributed by atoms with Gasteiger partial charge in [-0.2, -0.15) is 0 Å². The van der Waals surface area contributed by atoms with Gasteiger partial charge in [0.15, 0.2) is 0 Å². The van der Waals surface area contributed by atoms with Gasteiger partial charge < -0.3 is 14.6 Å². The van der Waals surface area contributed by atoms with Crippen LogP contribution in [0.3, 0.4) is 0 Å². The molecule has 1 unspecified atom stereocenters. The van der Waals surface area contributed by atoms with Crippen LogP contribution >= 0.6 is 0 Å². The van der Waals surface area contributed by atoms with E-state index < -0.39 is 6.10 Å². The molecule has 2 aromatic rings. The number of aromatic nitrogens is 2. The van der Waals surface area contributed by atoms with Gasteiger partial charge >= 0.3 is 0 Å². The third kappa shape index (κ3) is 3.36. The number of carbonyl (C=O) groups is 1. The summed E-state index contributed by atoms with van der Waals surface area (Å²) in [5.41, 5.74) is 3.89. The molecule has 22 heavy (non-hydrogen) atoms. The summed E-state index contributed by atoms with van der Waals surface area (Å²) in [7, 11) is 1.55. The molecule has 1 atom stereocenters. The van der Waals surface area contributed by atoms with Gasteiger partial charge in [0.2, 0.25) is 0 Å². The van der Waals surface area contributed by atoms with Crippen molar-refractivity contribution >= 4 is 11.6 Å². The van der Waals surface area contributed by atoms with E-state index >= 15 is 0 Å². The lowest BCUT2D eigenvalue weighted by atomic mass is 10.1. The molecule has 1 N–H and O–H groups in total. The Balaban J connectivity index is 2.12. The van der Waals surface area contributed by atoms with Crippen LogP contribution in [0.15, 0.2) is 30.6 Å². The van der Waals surface area contributed by atoms with Crippen molar-refractivity contribution in [2.75, 3.05) is 12.4 Å². The van der Waals surface area contributed by atoms with Crippen LogP contribution in [0, 0.1) is 19.8 Å². The number of methoxy groups -OCH3 is 1. The molecule has 1 aromatic heterocycles. The summed E-state index contributed by atoms with van der Waals surface area (Å²) in [4.78, 5) is 16.4. The molecule has 2 rings (SSSR count). The van der Waals surface area contributed by atoms with Crippen molar-refractivity contribution in [1.29, 1.82) is 0 Å². The molecule has 1 aromatic carbocycles. The lowest BCUT2D eigenvalue weighted by molar-refractivity contribution is -0.128. The molecule has 5 nitrogen and oxygen atoms in total. The van der Waals surface area contributed by atoms with Crippen molar-refractivity contribution in [3.8, 4) is 5.69 Å². The fourth-order valence-corrected chi connectivity index (χ4v) is 2.36. The summed E-state index contributed by atoms with van der Waals surface area (Å²) < 4.78 is 7.25. The summed E-state index contributed by atoms with van der Waals surface area (Å²) >= 11 is 0. The number of nitrogens with zero attached hydrogens (tertiary/aromatic N) is 2. The molecule has 1 amide bonds. The minimum Gasteiger partial charge on any atom is -0.371 e. The van der Waals surface area contributed by atoms with Crippen molar-refractivity contribution in [2.24, 2.45) is 5.92 Å². The van der Waals surface area contributed by atoms with E-state index in [9.17, 15) is 4.79 Å². The second-order valence-electron chi connectivity index (χ2n) is 5.72. The Labute approximate surface area is 131 Å². The van der Waals surface area contributed by atoms with Crippen LogP contribution in [-0.4, -0.2) is 28.7 Å². The predicted molar refractivity (Wildman–Crippen MR) is 87.3 cm³/mol. The van der Waals surface area contributed by atoms with Crippen LogP contribution < -0.4 is 5.32 Å². The van der Waals surface area contributed by atoms with Crippen LogP contribution in [0.1, 0.15) is 25.2 Å². The summed E-state index contributed by atoms with van der Waals surface area (Å²) in [5, 5.41) is 2.88. The summed E-state index contributed by atoms with van der Waals surface area (Å²) in [5.74, 6) is 0.000697. The molecule has 0 bridgehead atoms. The Bertz CT molecular complexity index is 644. The molecular formula is C17H23N3O2. The maximum Gasteiger partial charge on any atom is 0.253 e. The van der Waals surface area contributed by atoms with Crippen LogP contribution in [0.4, 0.5) is 5.69 Å². The topological polar surface area (TPSA) is 56.1 Å². The number of rotatable bonds is 5. The standard InChI is InChI=1S/C17H23N3O2/c1-11(2)16(22-5)17(21)19-14-6-8-15(9-7-14)20-10-18-12(3)13(20)4/h6-11,16H,1-5H3,(H,19,21). The van der Waals surface area contributed by atoms with Gasteiger partial charge in [-0.25, -0.2) is 4.98 Å². The van der Waals surface area contributed by atoms with Crippen molar-refractivity contribution < 1.29 is 9.53 Å². The second kappa shape index (κ2) is 6.75. The van der Waals surface area contributed by atoms with Gasteiger partial charge in [-0.3, -0.25) is 4.79 Å². The van der Waals surface area contributed by atoms with Gasteiger partial charge in [0.1, 0.15) is 6.10 Å². The van der Waals surface area contributed by atoms with Crippen LogP contribution in [0.5, 0.6) is 0 Å². The number of aryl methyl sites for hydroxylation is 1. The first-order chi connectivity index (χ1) is 10.4. The number of imidazole rings is 1. The van der Waals surface area contributed by atoms with E-state index in [-0.39, 0.29) is 11.8 Å². The van der Waals surface area contributed by atoms with E-state index in [0.29, 0.717) is 0 Å². The third-order valence-electron chi connectivity index (χ3n) is 3.78. The second-order valence-corrected chi connectivity index (χ2v) is 5.72. The van der Waals surface area contributed by atoms with E-state index in [1.165, 1.54) is 0 Å². The first-order valence-corrected chi connectivity index (χ1v) is 7.38. The molecule has 0 saturated heterocycles. The minimum absolute atomic E-state index is 0.125. The van der Waals surface area contributed by atoms with E-state index in [4.69, 9.17) is 4.74 Å². The number of amides is 1. The quantitative estimate of drug-likeness (QED) is 0.923. The summed E-state index contributed by atoms with van der Waals surface area (Å²) in [6.07, 6.45) is 1.36. The Kier molecular flexibility index (Phi) is 4.98. The molecule has 0 saturated carbocycles. The third-order valence-corrected chi connectivity index (χ3v) is 3.78. The maximum absolute atomic E-state index is 12.1. The van der Waals surface area contributed by atoms with Crippen LogP contribution in [0.25, 0.3) is 5.69 Å². The predicted octanol–water partition coefficient (Wildman–Crippen LogP) is 3.10. The van der Waals surface area contributed by atoms with E-state index in [1.807, 2.05) is 56.5 Å². The molecule has 0 spiro atoms. The van der Waals surface area contributed by atoms with Gasteiger partial charge in [-0.1, -0.05) is 13.8 Å². The Morgan fingerprint density at radius 3 is 2.32 bits per heavy atom. The highest BCUT2D eigenvalue weighted by molar-refractivity contribution is 5.94. The SMILES string of the molecule is COC(C(=O)Nc1ccc(-n2cnc(C)c2C)cc1)C(C)C. The highest BCUT2D eigenvalue weighted by Gasteiger charge is 2.21. The molecule has 0 aliphatic heterocycles. The van der Waals surface area contributed by atoms with Gasteiger partial charge in [0.05, 0.1) is 12.0 Å². The number of anilines is 1. The molecule has 0 aliphatic rings. The molecule has 0 radical (unpaired) electrons. The number of hydrogen-bond acceptors (Lipinski definition) is 3. The number of nitrogens with one attached hydrogen (secondary N) is 1. The Morgan fingerprint density at radius 1 is 1.23 bits per heavy atom. The van der Waals surface area contributed by atoms with E-state index in [0.717, 1.165) is 22.8 Å². The van der Waals surface area contributed by atoms with Gasteiger partial charge in [0, 0.05) is 24.2 Å². The van der Waals surface area contributed by atoms with Crippen LogP contribution in [-0.2, 0) is 9.53 Å². The normalized spacial score (nSPS) is 12.5. The zero-order valence-electron chi connectivity index (χ0n) is 13.8. The largest absolute Gasteiger partial charge is 0.371 e. The molecule has 0 fully saturated rings. The number of ether oxygens (including phenoxy) is 1. The Morgan fingerprint density at radius 2 is 1.86 bits per heavy atom. The Hall–Kier alpha value is -2.14. The fraction of sp³-hybridized carbons (Fsp3) is 0.412. The fourth-order valence-electron chi connectivity index (χ4n) is 2.36. The summed E-state index contributed by atoms with van der Waals surface area (Å²) in [6.45, 7) is 7.93. The highest BCUT2D eigenvalue weighted by Crippen LogP contribution is 2.17. The van der Waals surface area contributed by atoms with Crippen molar-refractivity contribution in [2.45, 2.75) is 33.8 Å². The molecule has 118 valence electrons. The summed E-state index contributed by atoms with van der Waals surface area (Å²) in [6, 6.07) is 7.69. The van der Waals surface area contributed by atoms with Gasteiger partial charge in [-0.05, 0) is 44.0 Å². The molecule has 5 heteroatoms. The highest BCUT2D eigenvalue weighted by atomic mass is 16.5. The zero-order valence-corrected chi connectivity index (χ0v) is 13.8. The minimum atomic E-state index is -0.446.